The van der Waals surface area contributed by atoms with Crippen molar-refractivity contribution in [1.82, 2.24) is 9.97 Å². The third kappa shape index (κ3) is 5.62. The Bertz CT molecular complexity index is 1160. The molecule has 0 aliphatic heterocycles. The van der Waals surface area contributed by atoms with E-state index in [-0.39, 0.29) is 27.3 Å². The number of benzene rings is 1. The molecule has 0 atom stereocenters. The van der Waals surface area contributed by atoms with E-state index < -0.39 is 23.5 Å². The first kappa shape index (κ1) is 24.1. The molecule has 0 saturated carbocycles. The number of nitrogens with zero attached hydrogens (tertiary/aromatic N) is 3. The van der Waals surface area contributed by atoms with Crippen LogP contribution in [0.25, 0.3) is 0 Å². The summed E-state index contributed by atoms with van der Waals surface area (Å²) in [6, 6.07) is 7.32. The molecule has 0 saturated heterocycles. The number of hydrogen-bond donors (Lipinski definition) is 1. The van der Waals surface area contributed by atoms with Gasteiger partial charge in [0, 0.05) is 23.0 Å². The number of hydrogen-bond acceptors (Lipinski definition) is 4. The predicted molar refractivity (Wildman–Crippen MR) is 109 cm³/mol. The first-order chi connectivity index (χ1) is 14.9. The minimum absolute atomic E-state index is 0.0295. The molecule has 0 fully saturated rings. The molecule has 2 heterocycles. The van der Waals surface area contributed by atoms with E-state index in [9.17, 15) is 26.3 Å². The maximum Gasteiger partial charge on any atom is 0.417 e. The highest BCUT2D eigenvalue weighted by Crippen LogP contribution is 2.33. The number of alkyl halides is 6. The number of aromatic nitrogens is 2. The van der Waals surface area contributed by atoms with Crippen LogP contribution in [-0.4, -0.2) is 15.7 Å². The van der Waals surface area contributed by atoms with Crippen molar-refractivity contribution in [2.45, 2.75) is 12.4 Å². The van der Waals surface area contributed by atoms with E-state index in [4.69, 9.17) is 34.8 Å². The van der Waals surface area contributed by atoms with Crippen LogP contribution in [0.2, 0.25) is 15.1 Å². The van der Waals surface area contributed by atoms with Crippen molar-refractivity contribution < 1.29 is 26.3 Å². The highest BCUT2D eigenvalue weighted by molar-refractivity contribution is 6.35. The Morgan fingerprint density at radius 3 is 1.81 bits per heavy atom. The quantitative estimate of drug-likeness (QED) is 0.226. The van der Waals surface area contributed by atoms with E-state index in [1.807, 2.05) is 0 Å². The number of anilines is 1. The standard InChI is InChI=1S/C19H9Cl3F6N4/c20-12-3-1-9(2-4-12)15(16-13(21)5-10(7-29-16)18(23,24)25)31-32-17-14(22)6-11(8-30-17)19(26,27)28/h1-8H,(H,30,32). The molecular formula is C19H9Cl3F6N4. The van der Waals surface area contributed by atoms with Crippen molar-refractivity contribution in [3.05, 3.63) is 86.2 Å². The maximum absolute atomic E-state index is 12.9. The van der Waals surface area contributed by atoms with Gasteiger partial charge in [0.15, 0.2) is 5.82 Å². The monoisotopic (exact) mass is 512 g/mol. The summed E-state index contributed by atoms with van der Waals surface area (Å²) in [6.07, 6.45) is -8.18. The Kier molecular flexibility index (Phi) is 6.87. The lowest BCUT2D eigenvalue weighted by atomic mass is 10.1. The number of halogens is 9. The summed E-state index contributed by atoms with van der Waals surface area (Å²) in [4.78, 5) is 7.36. The van der Waals surface area contributed by atoms with E-state index in [2.05, 4.69) is 20.5 Å². The summed E-state index contributed by atoms with van der Waals surface area (Å²) in [6.45, 7) is 0. The second-order valence-corrected chi connectivity index (χ2v) is 7.43. The topological polar surface area (TPSA) is 50.2 Å². The van der Waals surface area contributed by atoms with Gasteiger partial charge in [-0.3, -0.25) is 10.4 Å². The normalized spacial score (nSPS) is 12.7. The number of nitrogens with one attached hydrogen (secondary N) is 1. The van der Waals surface area contributed by atoms with E-state index in [1.54, 1.807) is 0 Å². The Balaban J connectivity index is 2.05. The summed E-state index contributed by atoms with van der Waals surface area (Å²) in [5.74, 6) is -0.228. The van der Waals surface area contributed by atoms with E-state index in [0.29, 0.717) is 35.1 Å². The fraction of sp³-hybridized carbons (Fsp3) is 0.105. The molecule has 2 aromatic heterocycles. The minimum Gasteiger partial charge on any atom is -0.259 e. The smallest absolute Gasteiger partial charge is 0.259 e. The van der Waals surface area contributed by atoms with Gasteiger partial charge in [0.25, 0.3) is 0 Å². The first-order valence-corrected chi connectivity index (χ1v) is 9.55. The van der Waals surface area contributed by atoms with Gasteiger partial charge in [-0.2, -0.15) is 31.4 Å². The van der Waals surface area contributed by atoms with Crippen LogP contribution in [-0.2, 0) is 12.4 Å². The number of pyridine rings is 2. The van der Waals surface area contributed by atoms with Crippen LogP contribution in [0.4, 0.5) is 32.2 Å². The second kappa shape index (κ2) is 9.13. The minimum atomic E-state index is -4.66. The highest BCUT2D eigenvalue weighted by Gasteiger charge is 2.33. The second-order valence-electron chi connectivity index (χ2n) is 6.18. The van der Waals surface area contributed by atoms with Crippen molar-refractivity contribution >= 4 is 46.3 Å². The Morgan fingerprint density at radius 1 is 0.781 bits per heavy atom. The van der Waals surface area contributed by atoms with Crippen LogP contribution in [0.15, 0.2) is 53.9 Å². The van der Waals surface area contributed by atoms with Crippen LogP contribution in [0.5, 0.6) is 0 Å². The van der Waals surface area contributed by atoms with Crippen LogP contribution in [0.1, 0.15) is 22.4 Å². The summed E-state index contributed by atoms with van der Waals surface area (Å²) >= 11 is 17.8. The van der Waals surface area contributed by atoms with Crippen LogP contribution in [0.3, 0.4) is 0 Å². The summed E-state index contributed by atoms with van der Waals surface area (Å²) in [5.41, 5.74) is 0.454. The molecule has 0 radical (unpaired) electrons. The Morgan fingerprint density at radius 2 is 1.31 bits per heavy atom. The van der Waals surface area contributed by atoms with Gasteiger partial charge in [0.1, 0.15) is 11.4 Å². The molecule has 0 spiro atoms. The zero-order valence-electron chi connectivity index (χ0n) is 15.4. The van der Waals surface area contributed by atoms with Gasteiger partial charge in [-0.25, -0.2) is 4.98 Å². The van der Waals surface area contributed by atoms with Gasteiger partial charge in [-0.1, -0.05) is 46.9 Å². The highest BCUT2D eigenvalue weighted by atomic mass is 35.5. The maximum atomic E-state index is 12.9. The Labute approximate surface area is 191 Å². The van der Waals surface area contributed by atoms with Gasteiger partial charge >= 0.3 is 12.4 Å². The summed E-state index contributed by atoms with van der Waals surface area (Å²) in [5, 5.41) is 3.67. The lowest BCUT2D eigenvalue weighted by Gasteiger charge is -2.13. The first-order valence-electron chi connectivity index (χ1n) is 8.42. The molecule has 13 heteroatoms. The molecule has 3 aromatic rings. The average Bonchev–Trinajstić information content (AvgIpc) is 2.69. The lowest BCUT2D eigenvalue weighted by molar-refractivity contribution is -0.138. The molecule has 0 unspecified atom stereocenters. The zero-order valence-corrected chi connectivity index (χ0v) is 17.6. The zero-order chi connectivity index (χ0) is 23.7. The molecule has 0 amide bonds. The predicted octanol–water partition coefficient (Wildman–Crippen LogP) is 7.34. The third-order valence-electron chi connectivity index (χ3n) is 3.95. The van der Waals surface area contributed by atoms with E-state index in [0.717, 1.165) is 0 Å². The van der Waals surface area contributed by atoms with Crippen LogP contribution >= 0.6 is 34.8 Å². The molecule has 0 aliphatic carbocycles. The molecule has 1 aromatic carbocycles. The third-order valence-corrected chi connectivity index (χ3v) is 4.78. The van der Waals surface area contributed by atoms with Crippen molar-refractivity contribution in [1.29, 1.82) is 0 Å². The summed E-state index contributed by atoms with van der Waals surface area (Å²) < 4.78 is 77.2. The number of rotatable bonds is 4. The molecule has 32 heavy (non-hydrogen) atoms. The largest absolute Gasteiger partial charge is 0.417 e. The van der Waals surface area contributed by atoms with Crippen molar-refractivity contribution in [3.63, 3.8) is 0 Å². The molecule has 0 bridgehead atoms. The van der Waals surface area contributed by atoms with Crippen molar-refractivity contribution in [2.24, 2.45) is 5.10 Å². The fourth-order valence-electron chi connectivity index (χ4n) is 2.41. The fourth-order valence-corrected chi connectivity index (χ4v) is 3.00. The molecule has 1 N–H and O–H groups in total. The van der Waals surface area contributed by atoms with Crippen molar-refractivity contribution in [2.75, 3.05) is 5.43 Å². The number of hydrazone groups is 1. The molecule has 0 aliphatic rings. The average molecular weight is 514 g/mol. The molecular weight excluding hydrogens is 505 g/mol. The van der Waals surface area contributed by atoms with Gasteiger partial charge in [0.2, 0.25) is 0 Å². The molecule has 168 valence electrons. The van der Waals surface area contributed by atoms with Crippen LogP contribution < -0.4 is 5.43 Å². The van der Waals surface area contributed by atoms with E-state index in [1.165, 1.54) is 24.3 Å². The SMILES string of the molecule is FC(F)(F)c1cnc(NN=C(c2ccc(Cl)cc2)c2ncc(C(F)(F)F)cc2Cl)c(Cl)c1. The van der Waals surface area contributed by atoms with Crippen LogP contribution in [0, 0.1) is 0 Å². The molecule has 4 nitrogen and oxygen atoms in total. The summed E-state index contributed by atoms with van der Waals surface area (Å²) in [7, 11) is 0. The van der Waals surface area contributed by atoms with Gasteiger partial charge in [-0.15, -0.1) is 0 Å². The van der Waals surface area contributed by atoms with E-state index >= 15 is 0 Å². The van der Waals surface area contributed by atoms with Gasteiger partial charge in [-0.05, 0) is 24.3 Å². The Hall–Kier alpha value is -2.56. The lowest BCUT2D eigenvalue weighted by Crippen LogP contribution is -2.13. The molecule has 3 rings (SSSR count). The van der Waals surface area contributed by atoms with Gasteiger partial charge < -0.3 is 0 Å². The van der Waals surface area contributed by atoms with Gasteiger partial charge in [0.05, 0.1) is 21.2 Å². The van der Waals surface area contributed by atoms with Crippen molar-refractivity contribution in [3.8, 4) is 0 Å².